The van der Waals surface area contributed by atoms with Gasteiger partial charge in [0.1, 0.15) is 35.4 Å². The average molecular weight is 839 g/mol. The smallest absolute Gasteiger partial charge is 0.420 e. The van der Waals surface area contributed by atoms with Gasteiger partial charge >= 0.3 is 5.76 Å². The molecular formula is C47H54N10O5. The number of carbonyl (C=O) groups is 2. The summed E-state index contributed by atoms with van der Waals surface area (Å²) in [6.45, 7) is 9.83. The number of aromatic nitrogens is 5. The molecule has 4 fully saturated rings. The first kappa shape index (κ1) is 40.2. The van der Waals surface area contributed by atoms with Crippen LogP contribution in [0.1, 0.15) is 74.9 Å². The highest BCUT2D eigenvalue weighted by atomic mass is 16.5. The number of hydrogen-bond acceptors (Lipinski definition) is 12. The third kappa shape index (κ3) is 8.36. The highest BCUT2D eigenvalue weighted by Gasteiger charge is 2.33. The number of anilines is 1. The monoisotopic (exact) mass is 838 g/mol. The Kier molecular flexibility index (Phi) is 11.3. The van der Waals surface area contributed by atoms with E-state index in [0.29, 0.717) is 29.3 Å². The van der Waals surface area contributed by atoms with Gasteiger partial charge in [0.15, 0.2) is 11.2 Å². The lowest BCUT2D eigenvalue weighted by Crippen LogP contribution is -2.44. The number of oxazole rings is 1. The molecule has 3 aromatic carbocycles. The summed E-state index contributed by atoms with van der Waals surface area (Å²) < 4.78 is 15.1. The number of benzene rings is 3. The molecule has 2 amide bonds. The summed E-state index contributed by atoms with van der Waals surface area (Å²) in [5, 5.41) is 8.28. The van der Waals surface area contributed by atoms with E-state index in [-0.39, 0.29) is 18.4 Å². The first-order valence-corrected chi connectivity index (χ1v) is 22.3. The summed E-state index contributed by atoms with van der Waals surface area (Å²) in [6, 6.07) is 23.2. The van der Waals surface area contributed by atoms with Gasteiger partial charge < -0.3 is 29.6 Å². The molecule has 1 atom stereocenters. The molecule has 62 heavy (non-hydrogen) atoms. The summed E-state index contributed by atoms with van der Waals surface area (Å²) in [5.74, 6) is 1.81. The molecule has 4 saturated heterocycles. The zero-order valence-electron chi connectivity index (χ0n) is 35.0. The molecule has 3 aromatic heterocycles. The lowest BCUT2D eigenvalue weighted by Gasteiger charge is -2.39. The van der Waals surface area contributed by atoms with Gasteiger partial charge in [-0.1, -0.05) is 24.3 Å². The third-order valence-corrected chi connectivity index (χ3v) is 13.7. The van der Waals surface area contributed by atoms with Crippen molar-refractivity contribution >= 4 is 39.8 Å². The number of ether oxygens (including phenoxy) is 1. The molecule has 4 aliphatic heterocycles. The van der Waals surface area contributed by atoms with Crippen molar-refractivity contribution in [3.8, 4) is 22.8 Å². The Morgan fingerprint density at radius 1 is 0.758 bits per heavy atom. The van der Waals surface area contributed by atoms with Crippen molar-refractivity contribution in [1.82, 2.24) is 44.3 Å². The number of carbonyl (C=O) groups excluding carboxylic acids is 2. The molecule has 3 N–H and O–H groups in total. The predicted molar refractivity (Wildman–Crippen MR) is 236 cm³/mol. The zero-order chi connectivity index (χ0) is 42.2. The van der Waals surface area contributed by atoms with E-state index in [1.54, 1.807) is 0 Å². The van der Waals surface area contributed by atoms with Gasteiger partial charge in [-0.2, -0.15) is 5.10 Å². The van der Waals surface area contributed by atoms with Crippen molar-refractivity contribution in [3.05, 3.63) is 95.2 Å². The van der Waals surface area contributed by atoms with Crippen LogP contribution >= 0.6 is 0 Å². The van der Waals surface area contributed by atoms with E-state index >= 15 is 0 Å². The minimum Gasteiger partial charge on any atom is -0.457 e. The van der Waals surface area contributed by atoms with Gasteiger partial charge in [-0.15, -0.1) is 0 Å². The van der Waals surface area contributed by atoms with E-state index in [0.717, 1.165) is 124 Å². The fourth-order valence-electron chi connectivity index (χ4n) is 10.2. The number of imide groups is 1. The second kappa shape index (κ2) is 17.5. The van der Waals surface area contributed by atoms with E-state index < -0.39 is 17.7 Å². The minimum atomic E-state index is -0.730. The van der Waals surface area contributed by atoms with Crippen LogP contribution < -0.4 is 21.5 Å². The fraction of sp³-hybridized carbons (Fsp3) is 0.447. The zero-order valence-corrected chi connectivity index (χ0v) is 35.0. The number of fused-ring (bicyclic) bond motifs is 2. The number of hydrogen-bond donors (Lipinski definition) is 2. The number of nitrogen functional groups attached to an aromatic ring is 1. The molecule has 322 valence electrons. The van der Waals surface area contributed by atoms with Gasteiger partial charge in [-0.05, 0) is 137 Å². The Hall–Kier alpha value is -5.90. The highest BCUT2D eigenvalue weighted by molar-refractivity contribution is 6.00. The predicted octanol–water partition coefficient (Wildman–Crippen LogP) is 5.98. The van der Waals surface area contributed by atoms with Gasteiger partial charge in [0.05, 0.1) is 16.9 Å². The molecule has 0 spiro atoms. The normalized spacial score (nSPS) is 20.6. The number of amides is 2. The highest BCUT2D eigenvalue weighted by Crippen LogP contribution is 2.36. The van der Waals surface area contributed by atoms with E-state index in [4.69, 9.17) is 20.0 Å². The number of likely N-dealkylation sites (tertiary alicyclic amines) is 3. The number of para-hydroxylation sites is 1. The third-order valence-electron chi connectivity index (χ3n) is 13.7. The molecule has 0 radical (unpaired) electrons. The molecule has 15 heteroatoms. The van der Waals surface area contributed by atoms with Crippen LogP contribution in [0.5, 0.6) is 11.5 Å². The maximum Gasteiger partial charge on any atom is 0.420 e. The molecule has 7 heterocycles. The summed E-state index contributed by atoms with van der Waals surface area (Å²) >= 11 is 0. The SMILES string of the molecule is Nc1ncnc2c1c(-c1ccc(Oc3ccccc3)cc1)nn2C1CCN(CCN2CCC(CN3CCC(c4ccc5c(c4)oc(=O)n5C4CCC(=O)NC4=O)CC3)CC2)CC1. The van der Waals surface area contributed by atoms with Crippen molar-refractivity contribution < 1.29 is 18.7 Å². The van der Waals surface area contributed by atoms with Crippen LogP contribution in [0, 0.1) is 5.92 Å². The van der Waals surface area contributed by atoms with Crippen LogP contribution in [-0.2, 0) is 9.59 Å². The van der Waals surface area contributed by atoms with Crippen LogP contribution in [0.2, 0.25) is 0 Å². The van der Waals surface area contributed by atoms with Crippen molar-refractivity contribution in [3.63, 3.8) is 0 Å². The van der Waals surface area contributed by atoms with Crippen molar-refractivity contribution in [2.24, 2.45) is 5.92 Å². The molecule has 6 aromatic rings. The molecule has 4 aliphatic rings. The Morgan fingerprint density at radius 2 is 1.45 bits per heavy atom. The Bertz CT molecular complexity index is 2600. The summed E-state index contributed by atoms with van der Waals surface area (Å²) in [4.78, 5) is 53.8. The largest absolute Gasteiger partial charge is 0.457 e. The molecule has 0 aliphatic carbocycles. The van der Waals surface area contributed by atoms with E-state index in [1.165, 1.54) is 29.3 Å². The van der Waals surface area contributed by atoms with Crippen molar-refractivity contribution in [1.29, 1.82) is 0 Å². The summed E-state index contributed by atoms with van der Waals surface area (Å²) in [7, 11) is 0. The first-order chi connectivity index (χ1) is 30.3. The van der Waals surface area contributed by atoms with Crippen molar-refractivity contribution in [2.45, 2.75) is 69.4 Å². The average Bonchev–Trinajstić information content (AvgIpc) is 3.85. The first-order valence-electron chi connectivity index (χ1n) is 22.3. The molecule has 1 unspecified atom stereocenters. The van der Waals surface area contributed by atoms with Gasteiger partial charge in [0.25, 0.3) is 0 Å². The van der Waals surface area contributed by atoms with Crippen LogP contribution in [0.4, 0.5) is 5.82 Å². The number of nitrogens with two attached hydrogens (primary N) is 1. The second-order valence-electron chi connectivity index (χ2n) is 17.6. The van der Waals surface area contributed by atoms with Crippen molar-refractivity contribution in [2.75, 3.05) is 64.6 Å². The Balaban J connectivity index is 0.671. The fourth-order valence-corrected chi connectivity index (χ4v) is 10.2. The quantitative estimate of drug-likeness (QED) is 0.147. The lowest BCUT2D eigenvalue weighted by atomic mass is 9.88. The molecule has 0 saturated carbocycles. The van der Waals surface area contributed by atoms with Gasteiger partial charge in [0.2, 0.25) is 11.8 Å². The number of nitrogens with one attached hydrogen (secondary N) is 1. The topological polar surface area (TPSA) is 170 Å². The molecular weight excluding hydrogens is 785 g/mol. The Morgan fingerprint density at radius 3 is 2.18 bits per heavy atom. The standard InChI is InChI=1S/C47H54N10O5/c48-44-42-43(33-6-9-37(10-7-33)61-36-4-2-1-3-5-36)52-57(45(42)50-30-49-44)35-18-24-54(25-19-35)27-26-53-20-14-31(15-21-53)29-55-22-16-32(17-23-55)34-8-11-38-40(28-34)62-47(60)56(38)39-12-13-41(58)51-46(39)59/h1-11,28,30-32,35,39H,12-27,29H2,(H2,48,49,50)(H,51,58,59). The lowest BCUT2D eigenvalue weighted by molar-refractivity contribution is -0.135. The van der Waals surface area contributed by atoms with Crippen LogP contribution in [-0.4, -0.2) is 110 Å². The van der Waals surface area contributed by atoms with Gasteiger partial charge in [-0.3, -0.25) is 19.5 Å². The van der Waals surface area contributed by atoms with E-state index in [2.05, 4.69) is 40.7 Å². The molecule has 0 bridgehead atoms. The number of rotatable bonds is 11. The maximum absolute atomic E-state index is 12.8. The second-order valence-corrected chi connectivity index (χ2v) is 17.6. The van der Waals surface area contributed by atoms with E-state index in [9.17, 15) is 14.4 Å². The van der Waals surface area contributed by atoms with Gasteiger partial charge in [-0.25, -0.2) is 19.4 Å². The van der Waals surface area contributed by atoms with Crippen LogP contribution in [0.15, 0.2) is 88.3 Å². The molecule has 10 rings (SSSR count). The number of piperidine rings is 4. The summed E-state index contributed by atoms with van der Waals surface area (Å²) in [5.41, 5.74) is 11.3. The van der Waals surface area contributed by atoms with E-state index in [1.807, 2.05) is 66.7 Å². The Labute approximate surface area is 359 Å². The maximum atomic E-state index is 12.8. The molecule has 15 nitrogen and oxygen atoms in total. The number of nitrogens with zero attached hydrogens (tertiary/aromatic N) is 8. The van der Waals surface area contributed by atoms with Crippen LogP contribution in [0.25, 0.3) is 33.4 Å². The summed E-state index contributed by atoms with van der Waals surface area (Å²) in [6.07, 6.45) is 8.67. The van der Waals surface area contributed by atoms with Crippen LogP contribution in [0.3, 0.4) is 0 Å². The minimum absolute atomic E-state index is 0.207. The van der Waals surface area contributed by atoms with Gasteiger partial charge in [0, 0.05) is 44.7 Å².